The van der Waals surface area contributed by atoms with Crippen LogP contribution in [0.3, 0.4) is 0 Å². The number of benzene rings is 1. The summed E-state index contributed by atoms with van der Waals surface area (Å²) in [6, 6.07) is 5.25. The van der Waals surface area contributed by atoms with Crippen LogP contribution < -0.4 is 5.32 Å². The first-order valence-electron chi connectivity index (χ1n) is 6.22. The topological polar surface area (TPSA) is 29.9 Å². The van der Waals surface area contributed by atoms with E-state index in [1.54, 1.807) is 23.9 Å². The highest BCUT2D eigenvalue weighted by molar-refractivity contribution is 9.10. The minimum Gasteiger partial charge on any atom is -0.305 e. The standard InChI is InChI=1S/C14H17BrFN3/c1-4-17-13(14-11(15)8-18-19(14)3)10-7-5-6-9(2)12(10)16/h5-8,13,17H,4H2,1-3H3. The molecule has 1 aromatic heterocycles. The van der Waals surface area contributed by atoms with Gasteiger partial charge in [-0.15, -0.1) is 0 Å². The zero-order chi connectivity index (χ0) is 14.0. The van der Waals surface area contributed by atoms with Crippen LogP contribution in [-0.4, -0.2) is 16.3 Å². The largest absolute Gasteiger partial charge is 0.305 e. The average molecular weight is 326 g/mol. The summed E-state index contributed by atoms with van der Waals surface area (Å²) < 4.78 is 17.0. The number of halogens is 2. The molecular formula is C14H17BrFN3. The van der Waals surface area contributed by atoms with Gasteiger partial charge in [0.1, 0.15) is 5.82 Å². The van der Waals surface area contributed by atoms with Crippen LogP contribution in [0, 0.1) is 12.7 Å². The van der Waals surface area contributed by atoms with E-state index in [-0.39, 0.29) is 11.9 Å². The number of nitrogens with zero attached hydrogens (tertiary/aromatic N) is 2. The summed E-state index contributed by atoms with van der Waals surface area (Å²) in [5.74, 6) is -0.165. The molecule has 0 aliphatic carbocycles. The molecule has 0 saturated heterocycles. The number of aromatic nitrogens is 2. The van der Waals surface area contributed by atoms with Crippen molar-refractivity contribution in [1.29, 1.82) is 0 Å². The van der Waals surface area contributed by atoms with Crippen LogP contribution in [0.15, 0.2) is 28.9 Å². The molecule has 0 fully saturated rings. The number of rotatable bonds is 4. The van der Waals surface area contributed by atoms with E-state index in [9.17, 15) is 4.39 Å². The van der Waals surface area contributed by atoms with Gasteiger partial charge in [0, 0.05) is 12.6 Å². The molecule has 5 heteroatoms. The van der Waals surface area contributed by atoms with Gasteiger partial charge >= 0.3 is 0 Å². The lowest BCUT2D eigenvalue weighted by Gasteiger charge is -2.20. The van der Waals surface area contributed by atoms with E-state index in [0.29, 0.717) is 11.1 Å². The summed E-state index contributed by atoms with van der Waals surface area (Å²) in [7, 11) is 1.86. The van der Waals surface area contributed by atoms with E-state index in [1.165, 1.54) is 0 Å². The summed E-state index contributed by atoms with van der Waals surface area (Å²) in [4.78, 5) is 0. The monoisotopic (exact) mass is 325 g/mol. The molecule has 0 amide bonds. The Kier molecular flexibility index (Phi) is 4.37. The van der Waals surface area contributed by atoms with Crippen molar-refractivity contribution in [3.8, 4) is 0 Å². The minimum absolute atomic E-state index is 0.165. The predicted molar refractivity (Wildman–Crippen MR) is 77.6 cm³/mol. The van der Waals surface area contributed by atoms with Crippen molar-refractivity contribution < 1.29 is 4.39 Å². The van der Waals surface area contributed by atoms with Gasteiger partial charge in [0.05, 0.1) is 22.4 Å². The van der Waals surface area contributed by atoms with Crippen molar-refractivity contribution in [3.63, 3.8) is 0 Å². The predicted octanol–water partition coefficient (Wildman–Crippen LogP) is 3.33. The number of hydrogen-bond acceptors (Lipinski definition) is 2. The van der Waals surface area contributed by atoms with E-state index < -0.39 is 0 Å². The lowest BCUT2D eigenvalue weighted by Crippen LogP contribution is -2.25. The summed E-state index contributed by atoms with van der Waals surface area (Å²) in [6.07, 6.45) is 1.73. The lowest BCUT2D eigenvalue weighted by atomic mass is 10.0. The molecule has 2 rings (SSSR count). The second-order valence-electron chi connectivity index (χ2n) is 4.47. The zero-order valence-electron chi connectivity index (χ0n) is 11.2. The molecule has 0 bridgehead atoms. The van der Waals surface area contributed by atoms with Crippen LogP contribution in [0.5, 0.6) is 0 Å². The molecule has 0 aliphatic heterocycles. The maximum Gasteiger partial charge on any atom is 0.131 e. The van der Waals surface area contributed by atoms with Crippen LogP contribution in [-0.2, 0) is 7.05 Å². The lowest BCUT2D eigenvalue weighted by molar-refractivity contribution is 0.527. The molecule has 19 heavy (non-hydrogen) atoms. The van der Waals surface area contributed by atoms with Crippen LogP contribution in [0.25, 0.3) is 0 Å². The van der Waals surface area contributed by atoms with Gasteiger partial charge in [-0.05, 0) is 35.0 Å². The molecule has 0 saturated carbocycles. The summed E-state index contributed by atoms with van der Waals surface area (Å²) in [5, 5.41) is 7.52. The van der Waals surface area contributed by atoms with E-state index >= 15 is 0 Å². The Hall–Kier alpha value is -1.20. The molecule has 2 aromatic rings. The molecule has 0 spiro atoms. The zero-order valence-corrected chi connectivity index (χ0v) is 12.8. The van der Waals surface area contributed by atoms with Crippen LogP contribution in [0.2, 0.25) is 0 Å². The van der Waals surface area contributed by atoms with Crippen molar-refractivity contribution >= 4 is 15.9 Å². The van der Waals surface area contributed by atoms with Crippen LogP contribution in [0.1, 0.15) is 29.8 Å². The van der Waals surface area contributed by atoms with Crippen LogP contribution in [0.4, 0.5) is 4.39 Å². The minimum atomic E-state index is -0.216. The highest BCUT2D eigenvalue weighted by Crippen LogP contribution is 2.30. The number of hydrogen-bond donors (Lipinski definition) is 1. The third-order valence-corrected chi connectivity index (χ3v) is 3.76. The maximum atomic E-state index is 14.3. The molecule has 102 valence electrons. The van der Waals surface area contributed by atoms with Gasteiger partial charge in [-0.2, -0.15) is 5.10 Å². The average Bonchev–Trinajstić information content (AvgIpc) is 2.70. The highest BCUT2D eigenvalue weighted by Gasteiger charge is 2.23. The molecule has 3 nitrogen and oxygen atoms in total. The summed E-state index contributed by atoms with van der Waals surface area (Å²) in [6.45, 7) is 4.53. The van der Waals surface area contributed by atoms with Crippen LogP contribution >= 0.6 is 15.9 Å². The molecule has 1 heterocycles. The van der Waals surface area contributed by atoms with Gasteiger partial charge < -0.3 is 5.32 Å². The first-order chi connectivity index (χ1) is 9.06. The van der Waals surface area contributed by atoms with Crippen molar-refractivity contribution in [2.45, 2.75) is 19.9 Å². The second kappa shape index (κ2) is 5.84. The first kappa shape index (κ1) is 14.2. The Bertz CT molecular complexity index is 561. The van der Waals surface area contributed by atoms with E-state index in [0.717, 1.165) is 16.7 Å². The molecule has 1 aromatic carbocycles. The van der Waals surface area contributed by atoms with Gasteiger partial charge in [0.25, 0.3) is 0 Å². The van der Waals surface area contributed by atoms with Gasteiger partial charge in [-0.1, -0.05) is 25.1 Å². The molecule has 1 atom stereocenters. The fraction of sp³-hybridized carbons (Fsp3) is 0.357. The van der Waals surface area contributed by atoms with Crippen molar-refractivity contribution in [2.75, 3.05) is 6.54 Å². The number of nitrogens with one attached hydrogen (secondary N) is 1. The molecule has 0 radical (unpaired) electrons. The Balaban J connectivity index is 2.55. The third-order valence-electron chi connectivity index (χ3n) is 3.15. The summed E-state index contributed by atoms with van der Waals surface area (Å²) in [5.41, 5.74) is 2.22. The fourth-order valence-corrected chi connectivity index (χ4v) is 2.77. The maximum absolute atomic E-state index is 14.3. The SMILES string of the molecule is CCNC(c1cccc(C)c1F)c1c(Br)cnn1C. The third kappa shape index (κ3) is 2.72. The smallest absolute Gasteiger partial charge is 0.131 e. The van der Waals surface area contributed by atoms with Crippen molar-refractivity contribution in [2.24, 2.45) is 7.05 Å². The molecular weight excluding hydrogens is 309 g/mol. The van der Waals surface area contributed by atoms with Gasteiger partial charge in [-0.3, -0.25) is 4.68 Å². The Morgan fingerprint density at radius 3 is 2.79 bits per heavy atom. The van der Waals surface area contributed by atoms with Crippen molar-refractivity contribution in [3.05, 3.63) is 51.5 Å². The first-order valence-corrected chi connectivity index (χ1v) is 7.01. The Morgan fingerprint density at radius 2 is 2.21 bits per heavy atom. The Labute approximate surface area is 121 Å². The second-order valence-corrected chi connectivity index (χ2v) is 5.32. The van der Waals surface area contributed by atoms with Gasteiger partial charge in [0.2, 0.25) is 0 Å². The Morgan fingerprint density at radius 1 is 1.47 bits per heavy atom. The van der Waals surface area contributed by atoms with Gasteiger partial charge in [0.15, 0.2) is 0 Å². The highest BCUT2D eigenvalue weighted by atomic mass is 79.9. The number of aryl methyl sites for hydroxylation is 2. The van der Waals surface area contributed by atoms with Crippen molar-refractivity contribution in [1.82, 2.24) is 15.1 Å². The fourth-order valence-electron chi connectivity index (χ4n) is 2.20. The van der Waals surface area contributed by atoms with E-state index in [4.69, 9.17) is 0 Å². The van der Waals surface area contributed by atoms with Gasteiger partial charge in [-0.25, -0.2) is 4.39 Å². The summed E-state index contributed by atoms with van der Waals surface area (Å²) >= 11 is 3.48. The molecule has 1 N–H and O–H groups in total. The normalized spacial score (nSPS) is 12.7. The molecule has 1 unspecified atom stereocenters. The quantitative estimate of drug-likeness (QED) is 0.934. The van der Waals surface area contributed by atoms with E-state index in [1.807, 2.05) is 26.1 Å². The van der Waals surface area contributed by atoms with E-state index in [2.05, 4.69) is 26.3 Å². The molecule has 0 aliphatic rings.